The van der Waals surface area contributed by atoms with Crippen LogP contribution in [-0.4, -0.2) is 21.6 Å². The Labute approximate surface area is 111 Å². The minimum atomic E-state index is 0.371. The van der Waals surface area contributed by atoms with Crippen LogP contribution in [0.1, 0.15) is 41.0 Å². The normalized spacial score (nSPS) is 20.7. The van der Waals surface area contributed by atoms with Crippen LogP contribution in [0.25, 0.3) is 0 Å². The highest BCUT2D eigenvalue weighted by Gasteiger charge is 2.29. The molecule has 1 saturated heterocycles. The van der Waals surface area contributed by atoms with Gasteiger partial charge in [-0.3, -0.25) is 4.90 Å². The minimum absolute atomic E-state index is 0.371. The Balaban J connectivity index is 1.75. The molecule has 3 heterocycles. The average molecular weight is 263 g/mol. The zero-order valence-electron chi connectivity index (χ0n) is 10.7. The molecule has 96 valence electrons. The van der Waals surface area contributed by atoms with Crippen LogP contribution in [0.4, 0.5) is 0 Å². The van der Waals surface area contributed by atoms with Crippen LogP contribution in [0.3, 0.4) is 0 Å². The van der Waals surface area contributed by atoms with Crippen molar-refractivity contribution in [2.45, 2.75) is 39.3 Å². The van der Waals surface area contributed by atoms with Gasteiger partial charge in [0.05, 0.1) is 18.3 Å². The number of aryl methyl sites for hydroxylation is 2. The van der Waals surface area contributed by atoms with Crippen molar-refractivity contribution in [2.24, 2.45) is 0 Å². The fourth-order valence-electron chi connectivity index (χ4n) is 2.53. The number of hydrogen-bond acceptors (Lipinski definition) is 5. The number of nitrogens with zero attached hydrogens (tertiary/aromatic N) is 3. The summed E-state index contributed by atoms with van der Waals surface area (Å²) in [6, 6.07) is 2.42. The summed E-state index contributed by atoms with van der Waals surface area (Å²) in [5.41, 5.74) is 2.07. The molecule has 0 aliphatic carbocycles. The van der Waals surface area contributed by atoms with Crippen molar-refractivity contribution in [3.8, 4) is 0 Å². The van der Waals surface area contributed by atoms with Crippen molar-refractivity contribution >= 4 is 11.3 Å². The maximum Gasteiger partial charge on any atom is 0.154 e. The topological polar surface area (TPSA) is 42.2 Å². The summed E-state index contributed by atoms with van der Waals surface area (Å²) >= 11 is 1.74. The first-order chi connectivity index (χ1) is 8.72. The molecule has 0 radical (unpaired) electrons. The van der Waals surface area contributed by atoms with Gasteiger partial charge in [0, 0.05) is 17.1 Å². The lowest BCUT2D eigenvalue weighted by Crippen LogP contribution is -2.22. The van der Waals surface area contributed by atoms with E-state index in [-0.39, 0.29) is 0 Å². The lowest BCUT2D eigenvalue weighted by molar-refractivity contribution is 0.206. The van der Waals surface area contributed by atoms with Gasteiger partial charge in [-0.05, 0) is 33.2 Å². The quantitative estimate of drug-likeness (QED) is 0.853. The molecule has 0 saturated carbocycles. The molecule has 1 aliphatic heterocycles. The van der Waals surface area contributed by atoms with Crippen molar-refractivity contribution in [2.75, 3.05) is 6.54 Å². The molecule has 3 rings (SSSR count). The van der Waals surface area contributed by atoms with Gasteiger partial charge < -0.3 is 4.52 Å². The van der Waals surface area contributed by atoms with Gasteiger partial charge in [-0.2, -0.15) is 0 Å². The van der Waals surface area contributed by atoms with Crippen molar-refractivity contribution in [3.05, 3.63) is 33.6 Å². The van der Waals surface area contributed by atoms with Crippen LogP contribution in [0, 0.1) is 13.8 Å². The van der Waals surface area contributed by atoms with E-state index >= 15 is 0 Å². The van der Waals surface area contributed by atoms with E-state index in [0.717, 1.165) is 36.7 Å². The molecule has 0 N–H and O–H groups in total. The third-order valence-electron chi connectivity index (χ3n) is 3.34. The van der Waals surface area contributed by atoms with Gasteiger partial charge in [-0.15, -0.1) is 11.3 Å². The highest BCUT2D eigenvalue weighted by atomic mass is 32.1. The summed E-state index contributed by atoms with van der Waals surface area (Å²) < 4.78 is 5.41. The summed E-state index contributed by atoms with van der Waals surface area (Å²) in [6.07, 6.45) is 2.37. The van der Waals surface area contributed by atoms with Crippen molar-refractivity contribution in [1.82, 2.24) is 15.0 Å². The highest BCUT2D eigenvalue weighted by Crippen LogP contribution is 2.33. The molecular weight excluding hydrogens is 246 g/mol. The first-order valence-corrected chi connectivity index (χ1v) is 7.18. The zero-order valence-corrected chi connectivity index (χ0v) is 11.5. The lowest BCUT2D eigenvalue weighted by Gasteiger charge is -2.20. The lowest BCUT2D eigenvalue weighted by atomic mass is 10.1. The van der Waals surface area contributed by atoms with E-state index in [4.69, 9.17) is 4.52 Å². The molecule has 18 heavy (non-hydrogen) atoms. The van der Waals surface area contributed by atoms with Crippen LogP contribution in [0.5, 0.6) is 0 Å². The number of thiazole rings is 1. The van der Waals surface area contributed by atoms with E-state index in [0.29, 0.717) is 6.04 Å². The monoisotopic (exact) mass is 263 g/mol. The molecule has 2 aromatic rings. The molecule has 0 aromatic carbocycles. The number of likely N-dealkylation sites (tertiary alicyclic amines) is 1. The summed E-state index contributed by atoms with van der Waals surface area (Å²) in [4.78, 5) is 6.98. The Kier molecular flexibility index (Phi) is 3.18. The van der Waals surface area contributed by atoms with Crippen LogP contribution in [0.2, 0.25) is 0 Å². The van der Waals surface area contributed by atoms with E-state index < -0.39 is 0 Å². The first kappa shape index (κ1) is 11.9. The maximum atomic E-state index is 5.41. The molecule has 1 unspecified atom stereocenters. The average Bonchev–Trinajstić information content (AvgIpc) is 3.01. The summed E-state index contributed by atoms with van der Waals surface area (Å²) in [7, 11) is 0. The van der Waals surface area contributed by atoms with Crippen molar-refractivity contribution < 1.29 is 4.52 Å². The standard InChI is InChI=1S/C13H17N3OS/c1-9-6-12(17-15-9)11-4-3-5-16(11)7-13-14-10(2)8-18-13/h6,8,11H,3-5,7H2,1-2H3. The summed E-state index contributed by atoms with van der Waals surface area (Å²) in [6.45, 7) is 6.05. The Morgan fingerprint density at radius 1 is 1.44 bits per heavy atom. The molecular formula is C13H17N3OS. The first-order valence-electron chi connectivity index (χ1n) is 6.30. The van der Waals surface area contributed by atoms with Crippen molar-refractivity contribution in [1.29, 1.82) is 0 Å². The molecule has 0 spiro atoms. The van der Waals surface area contributed by atoms with E-state index in [1.54, 1.807) is 11.3 Å². The SMILES string of the molecule is Cc1cc(C2CCCN2Cc2nc(C)cs2)on1. The third kappa shape index (κ3) is 2.33. The van der Waals surface area contributed by atoms with Gasteiger partial charge in [0.15, 0.2) is 5.76 Å². The predicted molar refractivity (Wildman–Crippen MR) is 70.5 cm³/mol. The molecule has 1 aliphatic rings. The van der Waals surface area contributed by atoms with E-state index in [9.17, 15) is 0 Å². The number of hydrogen-bond donors (Lipinski definition) is 0. The van der Waals surface area contributed by atoms with Gasteiger partial charge in [0.1, 0.15) is 5.01 Å². The zero-order chi connectivity index (χ0) is 12.5. The van der Waals surface area contributed by atoms with Crippen LogP contribution < -0.4 is 0 Å². The van der Waals surface area contributed by atoms with Gasteiger partial charge in [0.25, 0.3) is 0 Å². The Hall–Kier alpha value is -1.20. The van der Waals surface area contributed by atoms with E-state index in [1.807, 2.05) is 13.8 Å². The number of rotatable bonds is 3. The van der Waals surface area contributed by atoms with E-state index in [2.05, 4.69) is 26.5 Å². The van der Waals surface area contributed by atoms with Crippen LogP contribution >= 0.6 is 11.3 Å². The van der Waals surface area contributed by atoms with Gasteiger partial charge >= 0.3 is 0 Å². The fourth-order valence-corrected chi connectivity index (χ4v) is 3.32. The largest absolute Gasteiger partial charge is 0.359 e. The van der Waals surface area contributed by atoms with Crippen molar-refractivity contribution in [3.63, 3.8) is 0 Å². The van der Waals surface area contributed by atoms with E-state index in [1.165, 1.54) is 11.4 Å². The molecule has 0 bridgehead atoms. The molecule has 4 nitrogen and oxygen atoms in total. The summed E-state index contributed by atoms with van der Waals surface area (Å²) in [5, 5.41) is 7.29. The predicted octanol–water partition coefficient (Wildman–Crippen LogP) is 3.09. The van der Waals surface area contributed by atoms with Gasteiger partial charge in [-0.1, -0.05) is 5.16 Å². The third-order valence-corrected chi connectivity index (χ3v) is 4.29. The highest BCUT2D eigenvalue weighted by molar-refractivity contribution is 7.09. The second kappa shape index (κ2) is 4.82. The molecule has 0 amide bonds. The molecule has 1 atom stereocenters. The number of aromatic nitrogens is 2. The molecule has 2 aromatic heterocycles. The minimum Gasteiger partial charge on any atom is -0.359 e. The van der Waals surface area contributed by atoms with Crippen LogP contribution in [0.15, 0.2) is 16.0 Å². The summed E-state index contributed by atoms with van der Waals surface area (Å²) in [5.74, 6) is 0.998. The Morgan fingerprint density at radius 2 is 2.33 bits per heavy atom. The Morgan fingerprint density at radius 3 is 3.00 bits per heavy atom. The smallest absolute Gasteiger partial charge is 0.154 e. The second-order valence-corrected chi connectivity index (χ2v) is 5.82. The van der Waals surface area contributed by atoms with Gasteiger partial charge in [-0.25, -0.2) is 4.98 Å². The van der Waals surface area contributed by atoms with Gasteiger partial charge in [0.2, 0.25) is 0 Å². The Bertz CT molecular complexity index is 534. The molecule has 5 heteroatoms. The second-order valence-electron chi connectivity index (χ2n) is 4.88. The van der Waals surface area contributed by atoms with Crippen LogP contribution in [-0.2, 0) is 6.54 Å². The maximum absolute atomic E-state index is 5.41. The molecule has 1 fully saturated rings. The fraction of sp³-hybridized carbons (Fsp3) is 0.538.